The molecule has 0 spiro atoms. The highest BCUT2D eigenvalue weighted by atomic mass is 32.1. The van der Waals surface area contributed by atoms with Crippen molar-refractivity contribution in [3.05, 3.63) is 46.2 Å². The number of rotatable bonds is 2. The molecular formula is C14H12S3. The molecule has 0 amide bonds. The highest BCUT2D eigenvalue weighted by molar-refractivity contribution is 7.26. The maximum Gasteiger partial charge on any atom is 0.0481 e. The normalized spacial score (nSPS) is 10.9. The maximum atomic E-state index is 2.23. The molecule has 86 valence electrons. The molecule has 0 aromatic carbocycles. The van der Waals surface area contributed by atoms with Gasteiger partial charge in [0.2, 0.25) is 0 Å². The van der Waals surface area contributed by atoms with Crippen LogP contribution in [0.15, 0.2) is 35.0 Å². The summed E-state index contributed by atoms with van der Waals surface area (Å²) < 4.78 is 0. The summed E-state index contributed by atoms with van der Waals surface area (Å²) in [6, 6.07) is 8.67. The van der Waals surface area contributed by atoms with Gasteiger partial charge in [-0.05, 0) is 47.9 Å². The molecule has 0 aliphatic heterocycles. The van der Waals surface area contributed by atoms with Gasteiger partial charge in [0.1, 0.15) is 0 Å². The van der Waals surface area contributed by atoms with Gasteiger partial charge in [-0.2, -0.15) is 0 Å². The number of hydrogen-bond donors (Lipinski definition) is 0. The summed E-state index contributed by atoms with van der Waals surface area (Å²) >= 11 is 5.57. The third kappa shape index (κ3) is 1.88. The zero-order chi connectivity index (χ0) is 11.8. The lowest BCUT2D eigenvalue weighted by Gasteiger charge is -1.95. The van der Waals surface area contributed by atoms with Crippen LogP contribution in [0, 0.1) is 13.8 Å². The first-order chi connectivity index (χ1) is 8.27. The van der Waals surface area contributed by atoms with Crippen LogP contribution >= 0.6 is 34.0 Å². The monoisotopic (exact) mass is 276 g/mol. The van der Waals surface area contributed by atoms with E-state index in [0.29, 0.717) is 0 Å². The topological polar surface area (TPSA) is 0 Å². The van der Waals surface area contributed by atoms with E-state index >= 15 is 0 Å². The molecule has 3 rings (SSSR count). The standard InChI is InChI=1S/C14H12S3/c1-9-10(2)14(12-6-4-8-16-12)17-13(9)11-5-3-7-15-11/h3-8H,1-2H3. The van der Waals surface area contributed by atoms with Crippen LogP contribution in [0.25, 0.3) is 19.5 Å². The Hall–Kier alpha value is -0.900. The third-order valence-corrected chi connectivity index (χ3v) is 6.43. The fourth-order valence-corrected chi connectivity index (χ4v) is 5.02. The lowest BCUT2D eigenvalue weighted by Crippen LogP contribution is -1.75. The van der Waals surface area contributed by atoms with Crippen molar-refractivity contribution < 1.29 is 0 Å². The number of hydrogen-bond acceptors (Lipinski definition) is 3. The summed E-state index contributed by atoms with van der Waals surface area (Å²) in [5.74, 6) is 0. The predicted molar refractivity (Wildman–Crippen MR) is 80.4 cm³/mol. The zero-order valence-electron chi connectivity index (χ0n) is 9.69. The van der Waals surface area contributed by atoms with E-state index in [1.165, 1.54) is 30.6 Å². The molecular weight excluding hydrogens is 264 g/mol. The Morgan fingerprint density at radius 3 is 1.59 bits per heavy atom. The van der Waals surface area contributed by atoms with E-state index in [1.807, 2.05) is 34.0 Å². The van der Waals surface area contributed by atoms with Crippen molar-refractivity contribution in [3.8, 4) is 19.5 Å². The zero-order valence-corrected chi connectivity index (χ0v) is 12.1. The van der Waals surface area contributed by atoms with Gasteiger partial charge in [-0.15, -0.1) is 34.0 Å². The Morgan fingerprint density at radius 1 is 0.765 bits per heavy atom. The average Bonchev–Trinajstić information content (AvgIpc) is 3.02. The summed E-state index contributed by atoms with van der Waals surface area (Å²) in [7, 11) is 0. The van der Waals surface area contributed by atoms with Crippen molar-refractivity contribution in [3.63, 3.8) is 0 Å². The van der Waals surface area contributed by atoms with Crippen LogP contribution in [-0.4, -0.2) is 0 Å². The van der Waals surface area contributed by atoms with Crippen LogP contribution in [0.3, 0.4) is 0 Å². The average molecular weight is 276 g/mol. The van der Waals surface area contributed by atoms with E-state index in [9.17, 15) is 0 Å². The minimum absolute atomic E-state index is 1.39. The van der Waals surface area contributed by atoms with E-state index in [0.717, 1.165) is 0 Å². The molecule has 0 radical (unpaired) electrons. The van der Waals surface area contributed by atoms with Crippen molar-refractivity contribution in [2.24, 2.45) is 0 Å². The summed E-state index contributed by atoms with van der Waals surface area (Å²) in [5.41, 5.74) is 2.86. The summed E-state index contributed by atoms with van der Waals surface area (Å²) in [5, 5.41) is 4.29. The molecule has 17 heavy (non-hydrogen) atoms. The van der Waals surface area contributed by atoms with Crippen molar-refractivity contribution in [2.45, 2.75) is 13.8 Å². The molecule has 0 saturated heterocycles. The lowest BCUT2D eigenvalue weighted by molar-refractivity contribution is 1.41. The van der Waals surface area contributed by atoms with Crippen LogP contribution < -0.4 is 0 Å². The molecule has 0 aliphatic rings. The third-order valence-electron chi connectivity index (χ3n) is 2.94. The lowest BCUT2D eigenvalue weighted by atomic mass is 10.1. The van der Waals surface area contributed by atoms with Gasteiger partial charge in [-0.25, -0.2) is 0 Å². The van der Waals surface area contributed by atoms with Crippen molar-refractivity contribution in [2.75, 3.05) is 0 Å². The quantitative estimate of drug-likeness (QED) is 0.553. The molecule has 3 aromatic rings. The van der Waals surface area contributed by atoms with Crippen molar-refractivity contribution in [1.29, 1.82) is 0 Å². The van der Waals surface area contributed by atoms with Crippen LogP contribution in [-0.2, 0) is 0 Å². The molecule has 3 heteroatoms. The van der Waals surface area contributed by atoms with Crippen LogP contribution in [0.1, 0.15) is 11.1 Å². The van der Waals surface area contributed by atoms with Crippen LogP contribution in [0.2, 0.25) is 0 Å². The number of thiophene rings is 3. The SMILES string of the molecule is Cc1c(-c2cccs2)sc(-c2cccs2)c1C. The molecule has 0 aliphatic carbocycles. The van der Waals surface area contributed by atoms with Gasteiger partial charge < -0.3 is 0 Å². The first-order valence-electron chi connectivity index (χ1n) is 5.45. The van der Waals surface area contributed by atoms with Gasteiger partial charge >= 0.3 is 0 Å². The molecule has 0 unspecified atom stereocenters. The first kappa shape index (κ1) is 11.2. The Kier molecular flexibility index (Phi) is 2.90. The molecule has 0 fully saturated rings. The molecule has 3 aromatic heterocycles. The van der Waals surface area contributed by atoms with E-state index in [1.54, 1.807) is 0 Å². The largest absolute Gasteiger partial charge is 0.143 e. The van der Waals surface area contributed by atoms with Crippen LogP contribution in [0.5, 0.6) is 0 Å². The van der Waals surface area contributed by atoms with Crippen molar-refractivity contribution >= 4 is 34.0 Å². The Balaban J connectivity index is 2.18. The van der Waals surface area contributed by atoms with E-state index < -0.39 is 0 Å². The second kappa shape index (κ2) is 4.41. The molecule has 3 heterocycles. The predicted octanol–water partition coefficient (Wildman–Crippen LogP) is 5.82. The highest BCUT2D eigenvalue weighted by Gasteiger charge is 2.15. The molecule has 0 nitrogen and oxygen atoms in total. The minimum atomic E-state index is 1.39. The smallest absolute Gasteiger partial charge is 0.0481 e. The molecule has 0 bridgehead atoms. The fourth-order valence-electron chi connectivity index (χ4n) is 1.88. The minimum Gasteiger partial charge on any atom is -0.143 e. The summed E-state index contributed by atoms with van der Waals surface area (Å²) in [6.45, 7) is 4.47. The maximum absolute atomic E-state index is 2.23. The second-order valence-corrected chi connectivity index (χ2v) is 6.88. The molecule has 0 atom stereocenters. The van der Waals surface area contributed by atoms with Gasteiger partial charge in [-0.3, -0.25) is 0 Å². The Morgan fingerprint density at radius 2 is 1.24 bits per heavy atom. The second-order valence-electron chi connectivity index (χ2n) is 3.96. The van der Waals surface area contributed by atoms with Crippen LogP contribution in [0.4, 0.5) is 0 Å². The highest BCUT2D eigenvalue weighted by Crippen LogP contribution is 2.43. The fraction of sp³-hybridized carbons (Fsp3) is 0.143. The van der Waals surface area contributed by atoms with E-state index in [-0.39, 0.29) is 0 Å². The van der Waals surface area contributed by atoms with Gasteiger partial charge in [0.05, 0.1) is 0 Å². The van der Waals surface area contributed by atoms with Gasteiger partial charge in [-0.1, -0.05) is 12.1 Å². The Labute approximate surface area is 113 Å². The Bertz CT molecular complexity index is 558. The van der Waals surface area contributed by atoms with Gasteiger partial charge in [0, 0.05) is 19.5 Å². The summed E-state index contributed by atoms with van der Waals surface area (Å²) in [6.07, 6.45) is 0. The van der Waals surface area contributed by atoms with Crippen molar-refractivity contribution in [1.82, 2.24) is 0 Å². The van der Waals surface area contributed by atoms with Gasteiger partial charge in [0.25, 0.3) is 0 Å². The van der Waals surface area contributed by atoms with Gasteiger partial charge in [0.15, 0.2) is 0 Å². The first-order valence-corrected chi connectivity index (χ1v) is 8.02. The molecule has 0 saturated carbocycles. The summed E-state index contributed by atoms with van der Waals surface area (Å²) in [4.78, 5) is 5.64. The van der Waals surface area contributed by atoms with E-state index in [2.05, 4.69) is 48.9 Å². The van der Waals surface area contributed by atoms with E-state index in [4.69, 9.17) is 0 Å². The molecule has 0 N–H and O–H groups in total.